The quantitative estimate of drug-likeness (QED) is 0.730. The van der Waals surface area contributed by atoms with Crippen LogP contribution in [-0.4, -0.2) is 36.2 Å². The lowest BCUT2D eigenvalue weighted by molar-refractivity contribution is 0.0781. The number of nitrogens with zero attached hydrogens (tertiary/aromatic N) is 3. The number of hydrogen-bond donors (Lipinski definition) is 1. The maximum absolute atomic E-state index is 14.6. The number of Topliss-reactive ketones (excluding diaryl/α,β-unsaturated/α-hetero) is 1. The van der Waals surface area contributed by atoms with Crippen molar-refractivity contribution >= 4 is 11.8 Å². The fraction of sp³-hybridized carbons (Fsp3) is 0.333. The van der Waals surface area contributed by atoms with Crippen molar-refractivity contribution in [2.45, 2.75) is 31.4 Å². The Labute approximate surface area is 171 Å². The summed E-state index contributed by atoms with van der Waals surface area (Å²) in [5.41, 5.74) is 5.17. The van der Waals surface area contributed by atoms with Crippen LogP contribution in [0.25, 0.3) is 0 Å². The van der Waals surface area contributed by atoms with Crippen LogP contribution in [0.1, 0.15) is 39.2 Å². The van der Waals surface area contributed by atoms with Gasteiger partial charge in [0.1, 0.15) is 42.6 Å². The first-order valence-corrected chi connectivity index (χ1v) is 9.14. The van der Waals surface area contributed by atoms with Gasteiger partial charge in [0.05, 0.1) is 5.56 Å². The van der Waals surface area contributed by atoms with Crippen LogP contribution in [0.4, 0.5) is 13.2 Å². The molecule has 0 unspecified atom stereocenters. The molecule has 9 heteroatoms. The summed E-state index contributed by atoms with van der Waals surface area (Å²) >= 11 is 0. The summed E-state index contributed by atoms with van der Waals surface area (Å²) in [7, 11) is 0. The Morgan fingerprint density at radius 3 is 2.80 bits per heavy atom. The topological polar surface area (TPSA) is 101 Å². The number of amidine groups is 1. The van der Waals surface area contributed by atoms with E-state index in [1.807, 2.05) is 6.07 Å². The first-order chi connectivity index (χ1) is 14.3. The zero-order valence-corrected chi connectivity index (χ0v) is 16.2. The number of benzene rings is 1. The van der Waals surface area contributed by atoms with E-state index in [1.165, 1.54) is 18.3 Å². The lowest BCUT2D eigenvalue weighted by Crippen LogP contribution is -2.43. The number of nitriles is 1. The van der Waals surface area contributed by atoms with Crippen molar-refractivity contribution in [1.29, 1.82) is 5.26 Å². The average Bonchev–Trinajstić information content (AvgIpc) is 2.74. The summed E-state index contributed by atoms with van der Waals surface area (Å²) in [6, 6.07) is 6.93. The minimum absolute atomic E-state index is 0.121. The Bertz CT molecular complexity index is 1050. The molecule has 2 atom stereocenters. The molecule has 3 rings (SSSR count). The van der Waals surface area contributed by atoms with E-state index in [9.17, 15) is 18.0 Å². The molecule has 0 fully saturated rings. The standard InChI is InChI=1S/C21H19F3N4O2/c1-12-4-14(9-25)10-27-19(12)18(29)6-13-2-3-17(24)16(5-13)21(11-23)7-15(8-22)30-20(26)28-21/h2-5,10,15H,6-8,11H2,1H3,(H2,26,28)/t15-,21-/m1/s1. The molecule has 1 aromatic carbocycles. The molecule has 0 saturated carbocycles. The average molecular weight is 416 g/mol. The van der Waals surface area contributed by atoms with E-state index in [0.717, 1.165) is 6.07 Å². The molecule has 156 valence electrons. The van der Waals surface area contributed by atoms with Crippen molar-refractivity contribution in [1.82, 2.24) is 4.98 Å². The number of aromatic nitrogens is 1. The minimum Gasteiger partial charge on any atom is -0.459 e. The molecule has 0 aliphatic carbocycles. The Balaban J connectivity index is 1.95. The first-order valence-electron chi connectivity index (χ1n) is 9.14. The van der Waals surface area contributed by atoms with Crippen molar-refractivity contribution in [3.63, 3.8) is 0 Å². The highest BCUT2D eigenvalue weighted by atomic mass is 19.1. The Morgan fingerprint density at radius 2 is 2.17 bits per heavy atom. The number of aryl methyl sites for hydroxylation is 1. The minimum atomic E-state index is -1.73. The van der Waals surface area contributed by atoms with Gasteiger partial charge >= 0.3 is 0 Å². The van der Waals surface area contributed by atoms with E-state index in [-0.39, 0.29) is 29.9 Å². The molecule has 1 aromatic heterocycles. The monoisotopic (exact) mass is 416 g/mol. The number of hydrogen-bond acceptors (Lipinski definition) is 6. The molecule has 2 N–H and O–H groups in total. The molecule has 1 aliphatic heterocycles. The van der Waals surface area contributed by atoms with Crippen LogP contribution < -0.4 is 5.73 Å². The smallest absolute Gasteiger partial charge is 0.283 e. The lowest BCUT2D eigenvalue weighted by Gasteiger charge is -2.35. The van der Waals surface area contributed by atoms with Crippen LogP contribution in [0.15, 0.2) is 35.5 Å². The van der Waals surface area contributed by atoms with Crippen LogP contribution in [-0.2, 0) is 16.7 Å². The third-order valence-corrected chi connectivity index (χ3v) is 4.94. The summed E-state index contributed by atoms with van der Waals surface area (Å²) < 4.78 is 46.8. The predicted octanol–water partition coefficient (Wildman–Crippen LogP) is 3.06. The largest absolute Gasteiger partial charge is 0.459 e. The van der Waals surface area contributed by atoms with Crippen molar-refractivity contribution in [2.24, 2.45) is 10.7 Å². The molecular weight excluding hydrogens is 397 g/mol. The number of ketones is 1. The molecular formula is C21H19F3N4O2. The Hall–Kier alpha value is -3.41. The van der Waals surface area contributed by atoms with Gasteiger partial charge in [-0.05, 0) is 36.2 Å². The molecule has 0 bridgehead atoms. The van der Waals surface area contributed by atoms with E-state index >= 15 is 0 Å². The number of carbonyl (C=O) groups excluding carboxylic acids is 1. The van der Waals surface area contributed by atoms with Gasteiger partial charge in [0.25, 0.3) is 6.02 Å². The lowest BCUT2D eigenvalue weighted by atomic mass is 9.84. The number of alkyl halides is 2. The van der Waals surface area contributed by atoms with E-state index in [0.29, 0.717) is 16.7 Å². The molecule has 0 saturated heterocycles. The van der Waals surface area contributed by atoms with Crippen molar-refractivity contribution in [3.05, 3.63) is 64.2 Å². The van der Waals surface area contributed by atoms with Crippen LogP contribution >= 0.6 is 0 Å². The zero-order chi connectivity index (χ0) is 21.9. The summed E-state index contributed by atoms with van der Waals surface area (Å²) in [6.45, 7) is -0.383. The number of aliphatic imine (C=N–C) groups is 1. The molecule has 2 heterocycles. The van der Waals surface area contributed by atoms with Gasteiger partial charge in [-0.2, -0.15) is 5.26 Å². The van der Waals surface area contributed by atoms with Gasteiger partial charge < -0.3 is 10.5 Å². The van der Waals surface area contributed by atoms with Crippen molar-refractivity contribution in [3.8, 4) is 6.07 Å². The van der Waals surface area contributed by atoms with Crippen LogP contribution in [0, 0.1) is 24.1 Å². The molecule has 1 aliphatic rings. The number of ether oxygens (including phenoxy) is 1. The predicted molar refractivity (Wildman–Crippen MR) is 103 cm³/mol. The SMILES string of the molecule is Cc1cc(C#N)cnc1C(=O)Cc1ccc(F)c([C@]2(CF)C[C@H](CF)OC(N)=N2)c1. The van der Waals surface area contributed by atoms with E-state index < -0.39 is 36.8 Å². The summed E-state index contributed by atoms with van der Waals surface area (Å²) in [5, 5.41) is 8.92. The Kier molecular flexibility index (Phi) is 6.06. The third kappa shape index (κ3) is 4.13. The highest BCUT2D eigenvalue weighted by Crippen LogP contribution is 2.37. The highest BCUT2D eigenvalue weighted by molar-refractivity contribution is 5.97. The van der Waals surface area contributed by atoms with Crippen LogP contribution in [0.5, 0.6) is 0 Å². The second-order valence-corrected chi connectivity index (χ2v) is 7.13. The molecule has 0 amide bonds. The highest BCUT2D eigenvalue weighted by Gasteiger charge is 2.42. The van der Waals surface area contributed by atoms with Gasteiger partial charge in [-0.3, -0.25) is 9.78 Å². The van der Waals surface area contributed by atoms with Gasteiger partial charge in [0, 0.05) is 24.6 Å². The fourth-order valence-electron chi connectivity index (χ4n) is 3.52. The number of rotatable bonds is 6. The number of halogens is 3. The second-order valence-electron chi connectivity index (χ2n) is 7.13. The molecule has 30 heavy (non-hydrogen) atoms. The van der Waals surface area contributed by atoms with Gasteiger partial charge in [0.15, 0.2) is 5.78 Å². The normalized spacial score (nSPS) is 20.8. The maximum Gasteiger partial charge on any atom is 0.283 e. The molecule has 2 aromatic rings. The maximum atomic E-state index is 14.6. The second kappa shape index (κ2) is 8.53. The fourth-order valence-corrected chi connectivity index (χ4v) is 3.52. The van der Waals surface area contributed by atoms with Crippen LogP contribution in [0.3, 0.4) is 0 Å². The van der Waals surface area contributed by atoms with Gasteiger partial charge in [-0.25, -0.2) is 18.2 Å². The Morgan fingerprint density at radius 1 is 1.40 bits per heavy atom. The van der Waals surface area contributed by atoms with Gasteiger partial charge in [-0.15, -0.1) is 0 Å². The molecule has 0 spiro atoms. The number of pyridine rings is 1. The molecule has 0 radical (unpaired) electrons. The first kappa shape index (κ1) is 21.3. The summed E-state index contributed by atoms with van der Waals surface area (Å²) in [4.78, 5) is 20.6. The van der Waals surface area contributed by atoms with E-state index in [1.54, 1.807) is 13.0 Å². The van der Waals surface area contributed by atoms with Crippen molar-refractivity contribution < 1.29 is 22.7 Å². The summed E-state index contributed by atoms with van der Waals surface area (Å²) in [5.74, 6) is -1.09. The van der Waals surface area contributed by atoms with Gasteiger partial charge in [-0.1, -0.05) is 6.07 Å². The third-order valence-electron chi connectivity index (χ3n) is 4.94. The van der Waals surface area contributed by atoms with Crippen molar-refractivity contribution in [2.75, 3.05) is 13.3 Å². The van der Waals surface area contributed by atoms with Crippen LogP contribution in [0.2, 0.25) is 0 Å². The molecule has 6 nitrogen and oxygen atoms in total. The number of carbonyl (C=O) groups is 1. The van der Waals surface area contributed by atoms with Gasteiger partial charge in [0.2, 0.25) is 0 Å². The zero-order valence-electron chi connectivity index (χ0n) is 16.2. The van der Waals surface area contributed by atoms with E-state index in [2.05, 4.69) is 9.98 Å². The van der Waals surface area contributed by atoms with E-state index in [4.69, 9.17) is 15.7 Å². The number of nitrogens with two attached hydrogens (primary N) is 1. The summed E-state index contributed by atoms with van der Waals surface area (Å²) in [6.07, 6.45) is -0.109.